The summed E-state index contributed by atoms with van der Waals surface area (Å²) in [5, 5.41) is 3.07. The van der Waals surface area contributed by atoms with Crippen molar-refractivity contribution in [2.24, 2.45) is 5.73 Å². The minimum atomic E-state index is 0.0316. The molecule has 0 aromatic heterocycles. The number of hydrogen-bond donors (Lipinski definition) is 2. The van der Waals surface area contributed by atoms with E-state index in [9.17, 15) is 4.79 Å². The van der Waals surface area contributed by atoms with E-state index in [-0.39, 0.29) is 23.2 Å². The fraction of sp³-hybridized carbons (Fsp3) is 0.900. The zero-order valence-electron chi connectivity index (χ0n) is 8.95. The van der Waals surface area contributed by atoms with Crippen molar-refractivity contribution >= 4 is 17.7 Å². The van der Waals surface area contributed by atoms with E-state index in [2.05, 4.69) is 5.32 Å². The first-order valence-electron chi connectivity index (χ1n) is 5.24. The van der Waals surface area contributed by atoms with Crippen molar-refractivity contribution in [1.82, 2.24) is 5.32 Å². The van der Waals surface area contributed by atoms with E-state index in [1.807, 2.05) is 13.2 Å². The van der Waals surface area contributed by atoms with Crippen LogP contribution in [0.5, 0.6) is 0 Å². The van der Waals surface area contributed by atoms with Crippen LogP contribution < -0.4 is 11.1 Å². The first kappa shape index (κ1) is 11.9. The Morgan fingerprint density at radius 3 is 2.71 bits per heavy atom. The molecule has 1 aliphatic rings. The highest BCUT2D eigenvalue weighted by Gasteiger charge is 2.24. The summed E-state index contributed by atoms with van der Waals surface area (Å²) >= 11 is 1.57. The maximum Gasteiger partial charge on any atom is 0.233 e. The van der Waals surface area contributed by atoms with Crippen molar-refractivity contribution in [2.75, 3.05) is 6.26 Å². The molecule has 1 saturated carbocycles. The van der Waals surface area contributed by atoms with Crippen molar-refractivity contribution in [1.29, 1.82) is 0 Å². The molecule has 3 N–H and O–H groups in total. The first-order valence-corrected chi connectivity index (χ1v) is 6.52. The van der Waals surface area contributed by atoms with Crippen molar-refractivity contribution in [3.8, 4) is 0 Å². The van der Waals surface area contributed by atoms with Crippen molar-refractivity contribution in [3.63, 3.8) is 0 Å². The molecule has 82 valence electrons. The normalized spacial score (nSPS) is 29.6. The molecule has 3 nitrogen and oxygen atoms in total. The summed E-state index contributed by atoms with van der Waals surface area (Å²) in [7, 11) is 0. The third-order valence-corrected chi connectivity index (χ3v) is 3.79. The summed E-state index contributed by atoms with van der Waals surface area (Å²) in [5.74, 6) is 0.125. The number of carbonyl (C=O) groups is 1. The molecule has 0 aliphatic heterocycles. The van der Waals surface area contributed by atoms with Gasteiger partial charge in [0.15, 0.2) is 0 Å². The molecule has 0 aromatic carbocycles. The van der Waals surface area contributed by atoms with Crippen LogP contribution in [0.25, 0.3) is 0 Å². The van der Waals surface area contributed by atoms with Gasteiger partial charge in [0.05, 0.1) is 5.25 Å². The fourth-order valence-corrected chi connectivity index (χ4v) is 2.03. The highest BCUT2D eigenvalue weighted by molar-refractivity contribution is 7.99. The predicted molar refractivity (Wildman–Crippen MR) is 61.4 cm³/mol. The molecule has 14 heavy (non-hydrogen) atoms. The molecule has 0 saturated heterocycles. The van der Waals surface area contributed by atoms with E-state index >= 15 is 0 Å². The fourth-order valence-electron chi connectivity index (χ4n) is 1.75. The van der Waals surface area contributed by atoms with Gasteiger partial charge in [-0.2, -0.15) is 11.8 Å². The van der Waals surface area contributed by atoms with Crippen LogP contribution in [0.15, 0.2) is 0 Å². The van der Waals surface area contributed by atoms with Crippen LogP contribution in [0.3, 0.4) is 0 Å². The van der Waals surface area contributed by atoms with Gasteiger partial charge in [0.1, 0.15) is 0 Å². The summed E-state index contributed by atoms with van der Waals surface area (Å²) in [6.07, 6.45) is 6.41. The van der Waals surface area contributed by atoms with Gasteiger partial charge in [0, 0.05) is 12.1 Å². The number of rotatable bonds is 3. The molecule has 0 radical (unpaired) electrons. The van der Waals surface area contributed by atoms with Crippen molar-refractivity contribution in [3.05, 3.63) is 0 Å². The van der Waals surface area contributed by atoms with Gasteiger partial charge in [0.2, 0.25) is 5.91 Å². The average molecular weight is 216 g/mol. The molecular weight excluding hydrogens is 196 g/mol. The Bertz CT molecular complexity index is 199. The van der Waals surface area contributed by atoms with Crippen LogP contribution in [-0.4, -0.2) is 29.5 Å². The third-order valence-electron chi connectivity index (χ3n) is 2.87. The van der Waals surface area contributed by atoms with E-state index in [4.69, 9.17) is 5.73 Å². The minimum absolute atomic E-state index is 0.0316. The SMILES string of the molecule is CSC(C)C(=O)N[C@@H]1CCCC[C@H]1N. The highest BCUT2D eigenvalue weighted by atomic mass is 32.2. The summed E-state index contributed by atoms with van der Waals surface area (Å²) < 4.78 is 0. The van der Waals surface area contributed by atoms with Crippen molar-refractivity contribution in [2.45, 2.75) is 49.9 Å². The number of thioether (sulfide) groups is 1. The molecule has 1 unspecified atom stereocenters. The quantitative estimate of drug-likeness (QED) is 0.743. The Morgan fingerprint density at radius 1 is 1.50 bits per heavy atom. The topological polar surface area (TPSA) is 55.1 Å². The molecule has 1 fully saturated rings. The van der Waals surface area contributed by atoms with Gasteiger partial charge in [-0.25, -0.2) is 0 Å². The molecule has 0 aromatic rings. The molecule has 1 aliphatic carbocycles. The Kier molecular flexibility index (Phi) is 4.75. The Morgan fingerprint density at radius 2 is 2.14 bits per heavy atom. The zero-order valence-corrected chi connectivity index (χ0v) is 9.77. The van der Waals surface area contributed by atoms with E-state index < -0.39 is 0 Å². The number of amides is 1. The highest BCUT2D eigenvalue weighted by Crippen LogP contribution is 2.17. The lowest BCUT2D eigenvalue weighted by atomic mass is 9.91. The standard InChI is InChI=1S/C10H20N2OS/c1-7(14-2)10(13)12-9-6-4-3-5-8(9)11/h7-9H,3-6,11H2,1-2H3,(H,12,13)/t7?,8-,9-/m1/s1. The second-order valence-electron chi connectivity index (χ2n) is 3.94. The van der Waals surface area contributed by atoms with E-state index in [0.717, 1.165) is 12.8 Å². The monoisotopic (exact) mass is 216 g/mol. The third kappa shape index (κ3) is 3.17. The van der Waals surface area contributed by atoms with Gasteiger partial charge in [0.25, 0.3) is 0 Å². The summed E-state index contributed by atoms with van der Waals surface area (Å²) in [4.78, 5) is 11.6. The lowest BCUT2D eigenvalue weighted by Crippen LogP contribution is -2.51. The van der Waals surface area contributed by atoms with E-state index in [1.165, 1.54) is 12.8 Å². The zero-order chi connectivity index (χ0) is 10.6. The second-order valence-corrected chi connectivity index (χ2v) is 5.12. The minimum Gasteiger partial charge on any atom is -0.351 e. The van der Waals surface area contributed by atoms with Gasteiger partial charge in [-0.3, -0.25) is 4.79 Å². The Hall–Kier alpha value is -0.220. The van der Waals surface area contributed by atoms with Crippen LogP contribution in [0.4, 0.5) is 0 Å². The van der Waals surface area contributed by atoms with Crippen LogP contribution in [0.1, 0.15) is 32.6 Å². The number of nitrogens with one attached hydrogen (secondary N) is 1. The van der Waals surface area contributed by atoms with E-state index in [0.29, 0.717) is 0 Å². The molecule has 3 atom stereocenters. The first-order chi connectivity index (χ1) is 6.65. The van der Waals surface area contributed by atoms with Crippen LogP contribution in [-0.2, 0) is 4.79 Å². The number of hydrogen-bond acceptors (Lipinski definition) is 3. The maximum absolute atomic E-state index is 11.6. The molecule has 4 heteroatoms. The molecule has 1 rings (SSSR count). The predicted octanol–water partition coefficient (Wildman–Crippen LogP) is 1.12. The van der Waals surface area contributed by atoms with Gasteiger partial charge in [-0.05, 0) is 26.0 Å². The number of nitrogens with two attached hydrogens (primary N) is 1. The Balaban J connectivity index is 2.38. The smallest absolute Gasteiger partial charge is 0.233 e. The Labute approximate surface area is 90.2 Å². The van der Waals surface area contributed by atoms with Gasteiger partial charge < -0.3 is 11.1 Å². The van der Waals surface area contributed by atoms with Crippen LogP contribution in [0.2, 0.25) is 0 Å². The summed E-state index contributed by atoms with van der Waals surface area (Å²) in [5.41, 5.74) is 5.95. The molecular formula is C10H20N2OS. The molecule has 0 spiro atoms. The van der Waals surface area contributed by atoms with Crippen LogP contribution >= 0.6 is 11.8 Å². The lowest BCUT2D eigenvalue weighted by molar-refractivity contribution is -0.121. The van der Waals surface area contributed by atoms with E-state index in [1.54, 1.807) is 11.8 Å². The maximum atomic E-state index is 11.6. The van der Waals surface area contributed by atoms with Crippen LogP contribution in [0, 0.1) is 0 Å². The second kappa shape index (κ2) is 5.61. The average Bonchev–Trinajstić information content (AvgIpc) is 2.20. The van der Waals surface area contributed by atoms with Gasteiger partial charge in [-0.15, -0.1) is 0 Å². The molecule has 0 heterocycles. The van der Waals surface area contributed by atoms with Gasteiger partial charge in [-0.1, -0.05) is 12.8 Å². The molecule has 1 amide bonds. The number of carbonyl (C=O) groups excluding carboxylic acids is 1. The summed E-state index contributed by atoms with van der Waals surface area (Å²) in [6.45, 7) is 1.92. The largest absolute Gasteiger partial charge is 0.351 e. The lowest BCUT2D eigenvalue weighted by Gasteiger charge is -2.30. The van der Waals surface area contributed by atoms with Gasteiger partial charge >= 0.3 is 0 Å². The van der Waals surface area contributed by atoms with Crippen molar-refractivity contribution < 1.29 is 4.79 Å². The molecule has 0 bridgehead atoms. The summed E-state index contributed by atoms with van der Waals surface area (Å²) in [6, 6.07) is 0.354.